The van der Waals surface area contributed by atoms with Crippen molar-refractivity contribution in [2.24, 2.45) is 9.98 Å². The van der Waals surface area contributed by atoms with Crippen LogP contribution in [-0.2, 0) is 18.3 Å². The number of rotatable bonds is 9. The van der Waals surface area contributed by atoms with Crippen LogP contribution in [0.2, 0.25) is 0 Å². The second kappa shape index (κ2) is 12.9. The van der Waals surface area contributed by atoms with Crippen molar-refractivity contribution >= 4 is 29.3 Å². The predicted molar refractivity (Wildman–Crippen MR) is 199 cm³/mol. The number of aliphatic imine (C=N–C) groups is 1. The number of hydrogen-bond acceptors (Lipinski definition) is 3. The maximum Gasteiger partial charge on any atom is 0.218 e. The maximum absolute atomic E-state index is 5.60. The molecule has 0 spiro atoms. The number of hydrogen-bond donors (Lipinski definition) is 2. The first kappa shape index (κ1) is 32.9. The summed E-state index contributed by atoms with van der Waals surface area (Å²) >= 11 is 0. The normalized spacial score (nSPS) is 18.9. The molecule has 2 aromatic rings. The zero-order chi connectivity index (χ0) is 33.6. The molecule has 0 atom stereocenters. The van der Waals surface area contributed by atoms with Crippen molar-refractivity contribution in [2.75, 3.05) is 14.1 Å². The summed E-state index contributed by atoms with van der Waals surface area (Å²) in [7, 11) is 4.24. The number of aromatic amines is 1. The van der Waals surface area contributed by atoms with Crippen molar-refractivity contribution in [3.8, 4) is 0 Å². The first-order valence-corrected chi connectivity index (χ1v) is 18.2. The van der Waals surface area contributed by atoms with Gasteiger partial charge in [0.2, 0.25) is 11.4 Å². The van der Waals surface area contributed by atoms with Crippen LogP contribution in [0.3, 0.4) is 0 Å². The highest BCUT2D eigenvalue weighted by atomic mass is 15.0. The molecule has 0 aliphatic carbocycles. The highest BCUT2D eigenvalue weighted by molar-refractivity contribution is 6.35. The van der Waals surface area contributed by atoms with Gasteiger partial charge in [-0.15, -0.1) is 0 Å². The second-order valence-electron chi connectivity index (χ2n) is 13.4. The van der Waals surface area contributed by atoms with Crippen LogP contribution in [0.5, 0.6) is 0 Å². The van der Waals surface area contributed by atoms with Crippen molar-refractivity contribution in [1.82, 2.24) is 9.88 Å². The topological polar surface area (TPSA) is 57.7 Å². The average molecular weight is 629 g/mol. The number of nitrogens with one attached hydrogen (secondary N) is 2. The lowest BCUT2D eigenvalue weighted by molar-refractivity contribution is -0.340. The molecule has 246 valence electrons. The van der Waals surface area contributed by atoms with E-state index >= 15 is 0 Å². The summed E-state index contributed by atoms with van der Waals surface area (Å²) in [6, 6.07) is 6.87. The van der Waals surface area contributed by atoms with E-state index in [4.69, 9.17) is 9.98 Å². The van der Waals surface area contributed by atoms with Crippen LogP contribution in [0.15, 0.2) is 73.6 Å². The average Bonchev–Trinajstić information content (AvgIpc) is 3.81. The zero-order valence-corrected chi connectivity index (χ0v) is 30.5. The van der Waals surface area contributed by atoms with E-state index in [1.807, 2.05) is 0 Å². The minimum atomic E-state index is -0.135. The Kier molecular flexibility index (Phi) is 9.04. The van der Waals surface area contributed by atoms with Gasteiger partial charge in [0.25, 0.3) is 0 Å². The Labute approximate surface area is 282 Å². The van der Waals surface area contributed by atoms with Crippen molar-refractivity contribution in [1.29, 1.82) is 0 Å². The smallest absolute Gasteiger partial charge is 0.218 e. The number of aromatic nitrogens is 1. The summed E-state index contributed by atoms with van der Waals surface area (Å²) in [6.07, 6.45) is 14.7. The molecule has 6 rings (SSSR count). The molecule has 0 saturated heterocycles. The number of para-hydroxylation sites is 1. The monoisotopic (exact) mass is 628 g/mol. The van der Waals surface area contributed by atoms with Gasteiger partial charge in [0, 0.05) is 48.2 Å². The standard InChI is InChI=1S/C42H53N5/c1-11-25-26(12-2)36-23-37-42(17-7,18-8)33-21-19-20-31(41(33)45-37)38-29(15-5)30(16-6)40(46-38)32(24-47(9)10)39-28(14-4)27(13-3)35(44-39)22-34(25)43-36/h19-24,43H,11-18H2,1-10H3/p+1. The molecule has 1 aromatic heterocycles. The van der Waals surface area contributed by atoms with Gasteiger partial charge in [-0.25, -0.2) is 9.98 Å². The number of H-pyrrole nitrogens is 1. The van der Waals surface area contributed by atoms with Crippen LogP contribution >= 0.6 is 0 Å². The fourth-order valence-corrected chi connectivity index (χ4v) is 8.72. The summed E-state index contributed by atoms with van der Waals surface area (Å²) in [6.45, 7) is 18.4. The minimum Gasteiger partial charge on any atom is -0.383 e. The first-order chi connectivity index (χ1) is 22.7. The summed E-state index contributed by atoms with van der Waals surface area (Å²) < 4.78 is 0. The van der Waals surface area contributed by atoms with Crippen molar-refractivity contribution < 1.29 is 4.99 Å². The zero-order valence-electron chi connectivity index (χ0n) is 30.5. The van der Waals surface area contributed by atoms with Gasteiger partial charge in [-0.2, -0.15) is 0 Å². The molecule has 5 heteroatoms. The molecule has 0 amide bonds. The van der Waals surface area contributed by atoms with Crippen LogP contribution in [0.25, 0.3) is 17.8 Å². The van der Waals surface area contributed by atoms with E-state index < -0.39 is 0 Å². The highest BCUT2D eigenvalue weighted by Crippen LogP contribution is 2.43. The molecule has 47 heavy (non-hydrogen) atoms. The molecule has 0 saturated carbocycles. The van der Waals surface area contributed by atoms with E-state index in [1.54, 1.807) is 0 Å². The molecule has 4 aliphatic heterocycles. The molecule has 5 nitrogen and oxygen atoms in total. The van der Waals surface area contributed by atoms with Crippen LogP contribution < -0.4 is 15.6 Å². The van der Waals surface area contributed by atoms with Gasteiger partial charge in [0.05, 0.1) is 33.3 Å². The van der Waals surface area contributed by atoms with Crippen molar-refractivity contribution in [3.63, 3.8) is 0 Å². The van der Waals surface area contributed by atoms with Crippen LogP contribution in [0.1, 0.15) is 122 Å². The van der Waals surface area contributed by atoms with Crippen LogP contribution in [0, 0.1) is 0 Å². The SMILES string of the molecule is CCC1=C(CC)C2=NC1=Cc1[nH]c(c(CC)c1CC)C=C1N=c3c(cccc3=C3[NH+]=C(C2=CN(C)C)C(CC)=C3CC)C1(CC)CC. The van der Waals surface area contributed by atoms with Gasteiger partial charge in [0.15, 0.2) is 0 Å². The summed E-state index contributed by atoms with van der Waals surface area (Å²) in [5.74, 6) is 0. The van der Waals surface area contributed by atoms with Crippen LogP contribution in [0.4, 0.5) is 0 Å². The van der Waals surface area contributed by atoms with Crippen molar-refractivity contribution in [2.45, 2.75) is 112 Å². The largest absolute Gasteiger partial charge is 0.383 e. The summed E-state index contributed by atoms with van der Waals surface area (Å²) in [4.78, 5) is 21.3. The number of fused-ring (bicyclic) bond motifs is 5. The van der Waals surface area contributed by atoms with Gasteiger partial charge in [-0.1, -0.05) is 67.5 Å². The van der Waals surface area contributed by atoms with Crippen molar-refractivity contribution in [3.05, 3.63) is 102 Å². The lowest BCUT2D eigenvalue weighted by atomic mass is 9.74. The second-order valence-corrected chi connectivity index (χ2v) is 13.4. The third-order valence-corrected chi connectivity index (χ3v) is 11.0. The molecule has 4 aliphatic rings. The van der Waals surface area contributed by atoms with E-state index in [1.165, 1.54) is 78.3 Å². The Balaban J connectivity index is 1.85. The predicted octanol–water partition coefficient (Wildman–Crippen LogP) is 7.00. The van der Waals surface area contributed by atoms with Crippen LogP contribution in [-0.4, -0.2) is 35.4 Å². The van der Waals surface area contributed by atoms with E-state index in [2.05, 4.69) is 121 Å². The maximum atomic E-state index is 5.60. The van der Waals surface area contributed by atoms with E-state index in [0.29, 0.717) is 0 Å². The fourth-order valence-electron chi connectivity index (χ4n) is 8.72. The Morgan fingerprint density at radius 3 is 1.96 bits per heavy atom. The van der Waals surface area contributed by atoms with Gasteiger partial charge < -0.3 is 9.88 Å². The lowest BCUT2D eigenvalue weighted by Gasteiger charge is -2.28. The molecule has 5 heterocycles. The molecule has 1 aromatic carbocycles. The highest BCUT2D eigenvalue weighted by Gasteiger charge is 2.41. The molecule has 0 fully saturated rings. The van der Waals surface area contributed by atoms with E-state index in [9.17, 15) is 0 Å². The van der Waals surface area contributed by atoms with E-state index in [-0.39, 0.29) is 5.41 Å². The third kappa shape index (κ3) is 5.00. The first-order valence-electron chi connectivity index (χ1n) is 18.2. The molecule has 0 radical (unpaired) electrons. The van der Waals surface area contributed by atoms with Gasteiger partial charge in [0.1, 0.15) is 0 Å². The Bertz CT molecular complexity index is 1970. The molecule has 8 bridgehead atoms. The number of nitrogens with zero attached hydrogens (tertiary/aromatic N) is 3. The molecule has 2 N–H and O–H groups in total. The minimum absolute atomic E-state index is 0.135. The summed E-state index contributed by atoms with van der Waals surface area (Å²) in [5.41, 5.74) is 18.8. The number of allylic oxidation sites excluding steroid dienone is 5. The Morgan fingerprint density at radius 2 is 1.38 bits per heavy atom. The fraction of sp³-hybridized carbons (Fsp3) is 0.452. The summed E-state index contributed by atoms with van der Waals surface area (Å²) in [5, 5.41) is 2.33. The van der Waals surface area contributed by atoms with Gasteiger partial charge >= 0.3 is 0 Å². The van der Waals surface area contributed by atoms with Gasteiger partial charge in [-0.05, 0) is 97.4 Å². The third-order valence-electron chi connectivity index (χ3n) is 11.0. The number of benzene rings is 1. The van der Waals surface area contributed by atoms with Gasteiger partial charge in [-0.3, -0.25) is 4.99 Å². The molecular weight excluding hydrogens is 574 g/mol. The molecular formula is C42H54N5+. The molecule has 0 unspecified atom stereocenters. The lowest BCUT2D eigenvalue weighted by Crippen LogP contribution is -2.71. The van der Waals surface area contributed by atoms with E-state index in [0.717, 1.165) is 68.1 Å². The Morgan fingerprint density at radius 1 is 0.745 bits per heavy atom. The quantitative estimate of drug-likeness (QED) is 0.309. The Hall–Kier alpha value is -3.99.